The molecule has 2 aromatic carbocycles. The molecule has 1 saturated carbocycles. The largest absolute Gasteiger partial charge is 0.509 e. The van der Waals surface area contributed by atoms with Crippen LogP contribution in [0.1, 0.15) is 36.8 Å². The fourth-order valence-corrected chi connectivity index (χ4v) is 4.40. The maximum absolute atomic E-state index is 13.7. The highest BCUT2D eigenvalue weighted by Crippen LogP contribution is 2.43. The molecule has 0 aromatic heterocycles. The summed E-state index contributed by atoms with van der Waals surface area (Å²) in [4.78, 5) is 12.8. The van der Waals surface area contributed by atoms with E-state index in [2.05, 4.69) is 5.32 Å². The van der Waals surface area contributed by atoms with E-state index in [0.29, 0.717) is 29.5 Å². The summed E-state index contributed by atoms with van der Waals surface area (Å²) in [5, 5.41) is 23.4. The standard InChI is InChI=1S/C23H23F2NO3/c1-13-2-3-15(16-4-5-18(24)19(25)11-16)10-17(13)20-21(28)23(26-22(20)29)8-6-14(12-27)7-9-23/h2-5,10-11,14,27-28H,6-9,12H2,1H3,(H,26,29)/t14-,23+. The van der Waals surface area contributed by atoms with Gasteiger partial charge < -0.3 is 15.5 Å². The molecule has 1 fully saturated rings. The van der Waals surface area contributed by atoms with Crippen LogP contribution in [0.4, 0.5) is 8.78 Å². The van der Waals surface area contributed by atoms with E-state index in [0.717, 1.165) is 30.5 Å². The van der Waals surface area contributed by atoms with E-state index in [-0.39, 0.29) is 29.8 Å². The Labute approximate surface area is 167 Å². The predicted octanol–water partition coefficient (Wildman–Crippen LogP) is 4.26. The van der Waals surface area contributed by atoms with Crippen LogP contribution in [-0.2, 0) is 4.79 Å². The lowest BCUT2D eigenvalue weighted by Crippen LogP contribution is -2.47. The molecule has 1 aliphatic heterocycles. The summed E-state index contributed by atoms with van der Waals surface area (Å²) in [5.74, 6) is -1.98. The van der Waals surface area contributed by atoms with Gasteiger partial charge in [0, 0.05) is 6.61 Å². The number of aliphatic hydroxyl groups is 2. The van der Waals surface area contributed by atoms with Crippen LogP contribution in [0, 0.1) is 24.5 Å². The highest BCUT2D eigenvalue weighted by molar-refractivity contribution is 6.23. The smallest absolute Gasteiger partial charge is 0.256 e. The zero-order valence-corrected chi connectivity index (χ0v) is 16.1. The fourth-order valence-electron chi connectivity index (χ4n) is 4.40. The van der Waals surface area contributed by atoms with Crippen LogP contribution in [-0.4, -0.2) is 28.3 Å². The molecule has 0 bridgehead atoms. The molecule has 2 aromatic rings. The summed E-state index contributed by atoms with van der Waals surface area (Å²) in [6, 6.07) is 8.96. The maximum atomic E-state index is 13.7. The quantitative estimate of drug-likeness (QED) is 0.722. The van der Waals surface area contributed by atoms with Crippen LogP contribution in [0.2, 0.25) is 0 Å². The zero-order chi connectivity index (χ0) is 20.8. The lowest BCUT2D eigenvalue weighted by Gasteiger charge is -2.36. The third-order valence-electron chi connectivity index (χ3n) is 6.25. The third kappa shape index (κ3) is 3.31. The number of carbonyl (C=O) groups excluding carboxylic acids is 1. The Morgan fingerprint density at radius 2 is 1.72 bits per heavy atom. The molecule has 1 heterocycles. The molecular weight excluding hydrogens is 376 g/mol. The van der Waals surface area contributed by atoms with Crippen molar-refractivity contribution in [3.63, 3.8) is 0 Å². The first-order chi connectivity index (χ1) is 13.8. The van der Waals surface area contributed by atoms with E-state index >= 15 is 0 Å². The molecule has 4 nitrogen and oxygen atoms in total. The van der Waals surface area contributed by atoms with Gasteiger partial charge in [-0.05, 0) is 79.0 Å². The van der Waals surface area contributed by atoms with Gasteiger partial charge in [0.1, 0.15) is 5.76 Å². The number of hydrogen-bond donors (Lipinski definition) is 3. The van der Waals surface area contributed by atoms with Gasteiger partial charge in [-0.15, -0.1) is 0 Å². The highest BCUT2D eigenvalue weighted by Gasteiger charge is 2.47. The minimum Gasteiger partial charge on any atom is -0.509 e. The second-order valence-electron chi connectivity index (χ2n) is 8.04. The maximum Gasteiger partial charge on any atom is 0.256 e. The van der Waals surface area contributed by atoms with Gasteiger partial charge in [0.2, 0.25) is 0 Å². The Balaban J connectivity index is 1.75. The Morgan fingerprint density at radius 1 is 1.07 bits per heavy atom. The van der Waals surface area contributed by atoms with Gasteiger partial charge in [-0.2, -0.15) is 0 Å². The van der Waals surface area contributed by atoms with Gasteiger partial charge in [0.05, 0.1) is 11.1 Å². The van der Waals surface area contributed by atoms with E-state index in [9.17, 15) is 23.8 Å². The monoisotopic (exact) mass is 399 g/mol. The molecule has 0 atom stereocenters. The van der Waals surface area contributed by atoms with E-state index in [4.69, 9.17) is 0 Å². The predicted molar refractivity (Wildman–Crippen MR) is 106 cm³/mol. The Bertz CT molecular complexity index is 1010. The zero-order valence-electron chi connectivity index (χ0n) is 16.1. The van der Waals surface area contributed by atoms with Crippen molar-refractivity contribution >= 4 is 11.5 Å². The van der Waals surface area contributed by atoms with Crippen molar-refractivity contribution in [2.75, 3.05) is 6.61 Å². The van der Waals surface area contributed by atoms with Gasteiger partial charge in [0.25, 0.3) is 5.91 Å². The minimum absolute atomic E-state index is 0.0319. The van der Waals surface area contributed by atoms with E-state index in [1.807, 2.05) is 6.92 Å². The topological polar surface area (TPSA) is 69.6 Å². The van der Waals surface area contributed by atoms with Gasteiger partial charge in [-0.1, -0.05) is 18.2 Å². The molecule has 6 heteroatoms. The molecule has 2 aliphatic rings. The van der Waals surface area contributed by atoms with E-state index in [1.165, 1.54) is 6.07 Å². The average Bonchev–Trinajstić information content (AvgIpc) is 2.95. The first kappa shape index (κ1) is 19.6. The van der Waals surface area contributed by atoms with Crippen LogP contribution in [0.5, 0.6) is 0 Å². The molecule has 152 valence electrons. The number of halogens is 2. The van der Waals surface area contributed by atoms with Crippen molar-refractivity contribution in [1.82, 2.24) is 5.32 Å². The number of carbonyl (C=O) groups is 1. The summed E-state index contributed by atoms with van der Waals surface area (Å²) in [5.41, 5.74) is 1.93. The Morgan fingerprint density at radius 3 is 2.38 bits per heavy atom. The number of aryl methyl sites for hydroxylation is 1. The first-order valence-electron chi connectivity index (χ1n) is 9.78. The van der Waals surface area contributed by atoms with Crippen molar-refractivity contribution < 1.29 is 23.8 Å². The molecule has 0 radical (unpaired) electrons. The number of benzene rings is 2. The highest BCUT2D eigenvalue weighted by atomic mass is 19.2. The summed E-state index contributed by atoms with van der Waals surface area (Å²) >= 11 is 0. The minimum atomic E-state index is -0.940. The van der Waals surface area contributed by atoms with Crippen LogP contribution in [0.25, 0.3) is 16.7 Å². The van der Waals surface area contributed by atoms with Crippen molar-refractivity contribution in [2.45, 2.75) is 38.1 Å². The second kappa shape index (κ2) is 7.26. The average molecular weight is 399 g/mol. The summed E-state index contributed by atoms with van der Waals surface area (Å²) in [6.07, 6.45) is 2.59. The molecule has 0 unspecified atom stereocenters. The van der Waals surface area contributed by atoms with Gasteiger partial charge in [-0.3, -0.25) is 4.79 Å². The summed E-state index contributed by atoms with van der Waals surface area (Å²) in [7, 11) is 0. The third-order valence-corrected chi connectivity index (χ3v) is 6.25. The van der Waals surface area contributed by atoms with Crippen molar-refractivity contribution in [2.24, 2.45) is 5.92 Å². The molecule has 29 heavy (non-hydrogen) atoms. The fraction of sp³-hybridized carbons (Fsp3) is 0.348. The second-order valence-corrected chi connectivity index (χ2v) is 8.04. The molecular formula is C23H23F2NO3. The van der Waals surface area contributed by atoms with Crippen molar-refractivity contribution in [3.8, 4) is 11.1 Å². The lowest BCUT2D eigenvalue weighted by molar-refractivity contribution is -0.116. The van der Waals surface area contributed by atoms with Gasteiger partial charge >= 0.3 is 0 Å². The summed E-state index contributed by atoms with van der Waals surface area (Å²) < 4.78 is 26.9. The SMILES string of the molecule is Cc1ccc(-c2ccc(F)c(F)c2)cc1C1=C(O)[C@]2(CC[C@H](CO)CC2)NC1=O. The lowest BCUT2D eigenvalue weighted by atomic mass is 9.76. The first-order valence-corrected chi connectivity index (χ1v) is 9.78. The van der Waals surface area contributed by atoms with Crippen molar-refractivity contribution in [3.05, 3.63) is 64.9 Å². The molecule has 4 rings (SSSR count). The van der Waals surface area contributed by atoms with E-state index in [1.54, 1.807) is 18.2 Å². The molecule has 0 saturated heterocycles. The number of hydrogen-bond acceptors (Lipinski definition) is 3. The number of amides is 1. The van der Waals surface area contributed by atoms with Crippen LogP contribution < -0.4 is 5.32 Å². The molecule has 1 aliphatic carbocycles. The van der Waals surface area contributed by atoms with E-state index < -0.39 is 17.2 Å². The number of rotatable bonds is 3. The normalized spacial score (nSPS) is 24.3. The van der Waals surface area contributed by atoms with Crippen LogP contribution >= 0.6 is 0 Å². The number of nitrogens with one attached hydrogen (secondary N) is 1. The summed E-state index contributed by atoms with van der Waals surface area (Å²) in [6.45, 7) is 1.95. The molecule has 1 amide bonds. The van der Waals surface area contributed by atoms with Crippen molar-refractivity contribution in [1.29, 1.82) is 0 Å². The number of aliphatic hydroxyl groups excluding tert-OH is 2. The van der Waals surface area contributed by atoms with Gasteiger partial charge in [0.15, 0.2) is 11.6 Å². The van der Waals surface area contributed by atoms with Gasteiger partial charge in [-0.25, -0.2) is 8.78 Å². The molecule has 1 spiro atoms. The van der Waals surface area contributed by atoms with Crippen LogP contribution in [0.3, 0.4) is 0 Å². The van der Waals surface area contributed by atoms with Crippen LogP contribution in [0.15, 0.2) is 42.2 Å². The Hall–Kier alpha value is -2.73. The Kier molecular flexibility index (Phi) is 4.90. The molecule has 3 N–H and O–H groups in total.